The van der Waals surface area contributed by atoms with Gasteiger partial charge in [0.05, 0.1) is 0 Å². The first-order valence-electron chi connectivity index (χ1n) is 8.23. The van der Waals surface area contributed by atoms with E-state index in [2.05, 4.69) is 15.6 Å². The van der Waals surface area contributed by atoms with Crippen LogP contribution in [-0.2, 0) is 6.42 Å². The summed E-state index contributed by atoms with van der Waals surface area (Å²) in [7, 11) is 0. The standard InChI is InChI=1S/C19H22ClN3O2/c1-13(2)12-22-19(25)17-5-3-4-16(23-17)18(24)21-11-10-14-6-8-15(20)9-7-14/h3-9,13H,10-12H2,1-2H3,(H,21,24)(H,22,25). The summed E-state index contributed by atoms with van der Waals surface area (Å²) in [6, 6.07) is 12.3. The highest BCUT2D eigenvalue weighted by atomic mass is 35.5. The quantitative estimate of drug-likeness (QED) is 0.798. The third-order valence-electron chi connectivity index (χ3n) is 3.50. The summed E-state index contributed by atoms with van der Waals surface area (Å²) in [5.41, 5.74) is 1.55. The number of hydrogen-bond donors (Lipinski definition) is 2. The molecule has 0 aliphatic heterocycles. The van der Waals surface area contributed by atoms with Crippen molar-refractivity contribution in [2.45, 2.75) is 20.3 Å². The molecule has 0 saturated heterocycles. The fraction of sp³-hybridized carbons (Fsp3) is 0.316. The predicted molar refractivity (Wildman–Crippen MR) is 98.9 cm³/mol. The molecule has 0 aliphatic rings. The lowest BCUT2D eigenvalue weighted by Gasteiger charge is -2.08. The molecule has 2 amide bonds. The molecule has 5 nitrogen and oxygen atoms in total. The van der Waals surface area contributed by atoms with Crippen molar-refractivity contribution in [2.75, 3.05) is 13.1 Å². The third kappa shape index (κ3) is 6.19. The zero-order valence-electron chi connectivity index (χ0n) is 14.4. The maximum Gasteiger partial charge on any atom is 0.269 e. The van der Waals surface area contributed by atoms with Crippen LogP contribution in [0.15, 0.2) is 42.5 Å². The summed E-state index contributed by atoms with van der Waals surface area (Å²) >= 11 is 5.85. The molecule has 2 aromatic rings. The highest BCUT2D eigenvalue weighted by Gasteiger charge is 2.12. The average Bonchev–Trinajstić information content (AvgIpc) is 2.61. The molecule has 1 aromatic carbocycles. The van der Waals surface area contributed by atoms with Crippen LogP contribution >= 0.6 is 11.6 Å². The van der Waals surface area contributed by atoms with Gasteiger partial charge >= 0.3 is 0 Å². The van der Waals surface area contributed by atoms with E-state index in [9.17, 15) is 9.59 Å². The summed E-state index contributed by atoms with van der Waals surface area (Å²) < 4.78 is 0. The van der Waals surface area contributed by atoms with Crippen LogP contribution in [0.1, 0.15) is 40.4 Å². The Hall–Kier alpha value is -2.40. The van der Waals surface area contributed by atoms with E-state index in [1.807, 2.05) is 38.1 Å². The van der Waals surface area contributed by atoms with Gasteiger partial charge in [-0.15, -0.1) is 0 Å². The van der Waals surface area contributed by atoms with Gasteiger partial charge in [0.25, 0.3) is 11.8 Å². The maximum absolute atomic E-state index is 12.2. The van der Waals surface area contributed by atoms with Gasteiger partial charge in [0, 0.05) is 18.1 Å². The SMILES string of the molecule is CC(C)CNC(=O)c1cccc(C(=O)NCCc2ccc(Cl)cc2)n1. The largest absolute Gasteiger partial charge is 0.350 e. The molecule has 0 saturated carbocycles. The number of carbonyl (C=O) groups excluding carboxylic acids is 2. The molecule has 0 spiro atoms. The molecule has 0 unspecified atom stereocenters. The molecule has 1 aromatic heterocycles. The number of halogens is 1. The molecule has 0 radical (unpaired) electrons. The van der Waals surface area contributed by atoms with Gasteiger partial charge in [0.15, 0.2) is 0 Å². The van der Waals surface area contributed by atoms with E-state index in [4.69, 9.17) is 11.6 Å². The Morgan fingerprint density at radius 2 is 1.60 bits per heavy atom. The molecule has 132 valence electrons. The predicted octanol–water partition coefficient (Wildman–Crippen LogP) is 3.09. The van der Waals surface area contributed by atoms with Gasteiger partial charge in [-0.1, -0.05) is 43.6 Å². The molecule has 2 rings (SSSR count). The lowest BCUT2D eigenvalue weighted by molar-refractivity contribution is 0.0941. The summed E-state index contributed by atoms with van der Waals surface area (Å²) in [5, 5.41) is 6.29. The first kappa shape index (κ1) is 18.9. The number of aromatic nitrogens is 1. The van der Waals surface area contributed by atoms with E-state index in [1.165, 1.54) is 0 Å². The first-order valence-corrected chi connectivity index (χ1v) is 8.61. The molecular formula is C19H22ClN3O2. The fourth-order valence-corrected chi connectivity index (χ4v) is 2.26. The van der Waals surface area contributed by atoms with E-state index >= 15 is 0 Å². The Morgan fingerprint density at radius 3 is 2.20 bits per heavy atom. The van der Waals surface area contributed by atoms with Crippen molar-refractivity contribution in [3.8, 4) is 0 Å². The van der Waals surface area contributed by atoms with Crippen molar-refractivity contribution in [3.05, 3.63) is 64.4 Å². The molecule has 0 fully saturated rings. The van der Waals surface area contributed by atoms with E-state index in [1.54, 1.807) is 18.2 Å². The number of carbonyl (C=O) groups is 2. The highest BCUT2D eigenvalue weighted by molar-refractivity contribution is 6.30. The van der Waals surface area contributed by atoms with Crippen molar-refractivity contribution in [2.24, 2.45) is 5.92 Å². The van der Waals surface area contributed by atoms with E-state index in [0.717, 1.165) is 5.56 Å². The zero-order chi connectivity index (χ0) is 18.2. The van der Waals surface area contributed by atoms with Gasteiger partial charge in [0.2, 0.25) is 0 Å². The monoisotopic (exact) mass is 359 g/mol. The van der Waals surface area contributed by atoms with Gasteiger partial charge in [-0.25, -0.2) is 4.98 Å². The summed E-state index contributed by atoms with van der Waals surface area (Å²) in [5.74, 6) is -0.222. The Labute approximate surface area is 152 Å². The number of nitrogens with zero attached hydrogens (tertiary/aromatic N) is 1. The molecule has 2 N–H and O–H groups in total. The van der Waals surface area contributed by atoms with E-state index in [0.29, 0.717) is 30.5 Å². The number of hydrogen-bond acceptors (Lipinski definition) is 3. The molecule has 6 heteroatoms. The van der Waals surface area contributed by atoms with Crippen LogP contribution in [0.2, 0.25) is 5.02 Å². The average molecular weight is 360 g/mol. The molecular weight excluding hydrogens is 338 g/mol. The highest BCUT2D eigenvalue weighted by Crippen LogP contribution is 2.09. The van der Waals surface area contributed by atoms with Gasteiger partial charge < -0.3 is 10.6 Å². The van der Waals surface area contributed by atoms with Crippen LogP contribution in [0.5, 0.6) is 0 Å². The van der Waals surface area contributed by atoms with Gasteiger partial charge in [-0.3, -0.25) is 9.59 Å². The van der Waals surface area contributed by atoms with Crippen LogP contribution in [0, 0.1) is 5.92 Å². The van der Waals surface area contributed by atoms with Gasteiger partial charge in [0.1, 0.15) is 11.4 Å². The summed E-state index contributed by atoms with van der Waals surface area (Å²) in [4.78, 5) is 28.4. The summed E-state index contributed by atoms with van der Waals surface area (Å²) in [6.07, 6.45) is 0.692. The zero-order valence-corrected chi connectivity index (χ0v) is 15.1. The van der Waals surface area contributed by atoms with Crippen molar-refractivity contribution in [3.63, 3.8) is 0 Å². The molecule has 0 bridgehead atoms. The van der Waals surface area contributed by atoms with Crippen LogP contribution < -0.4 is 10.6 Å². The topological polar surface area (TPSA) is 71.1 Å². The lowest BCUT2D eigenvalue weighted by Crippen LogP contribution is -2.30. The second-order valence-corrected chi connectivity index (χ2v) is 6.58. The second kappa shape index (κ2) is 9.18. The maximum atomic E-state index is 12.2. The molecule has 25 heavy (non-hydrogen) atoms. The molecule has 1 heterocycles. The van der Waals surface area contributed by atoms with Crippen LogP contribution in [-0.4, -0.2) is 29.9 Å². The van der Waals surface area contributed by atoms with Crippen LogP contribution in [0.25, 0.3) is 0 Å². The van der Waals surface area contributed by atoms with Crippen molar-refractivity contribution in [1.29, 1.82) is 0 Å². The minimum atomic E-state index is -0.299. The number of rotatable bonds is 7. The normalized spacial score (nSPS) is 10.6. The number of pyridine rings is 1. The van der Waals surface area contributed by atoms with Crippen molar-refractivity contribution in [1.82, 2.24) is 15.6 Å². The number of nitrogens with one attached hydrogen (secondary N) is 2. The fourth-order valence-electron chi connectivity index (χ4n) is 2.14. The summed E-state index contributed by atoms with van der Waals surface area (Å²) in [6.45, 7) is 5.07. The second-order valence-electron chi connectivity index (χ2n) is 6.14. The minimum absolute atomic E-state index is 0.230. The van der Waals surface area contributed by atoms with Crippen LogP contribution in [0.3, 0.4) is 0 Å². The van der Waals surface area contributed by atoms with Gasteiger partial charge in [-0.05, 0) is 42.2 Å². The van der Waals surface area contributed by atoms with Crippen molar-refractivity contribution >= 4 is 23.4 Å². The van der Waals surface area contributed by atoms with E-state index in [-0.39, 0.29) is 23.2 Å². The Kier molecular flexibility index (Phi) is 6.95. The van der Waals surface area contributed by atoms with Crippen molar-refractivity contribution < 1.29 is 9.59 Å². The first-order chi connectivity index (χ1) is 12.0. The molecule has 0 atom stereocenters. The number of amides is 2. The van der Waals surface area contributed by atoms with Crippen LogP contribution in [0.4, 0.5) is 0 Å². The minimum Gasteiger partial charge on any atom is -0.350 e. The van der Waals surface area contributed by atoms with Gasteiger partial charge in [-0.2, -0.15) is 0 Å². The Balaban J connectivity index is 1.89. The molecule has 0 aliphatic carbocycles. The third-order valence-corrected chi connectivity index (χ3v) is 3.75. The lowest BCUT2D eigenvalue weighted by atomic mass is 10.1. The Bertz CT molecular complexity index is 730. The van der Waals surface area contributed by atoms with E-state index < -0.39 is 0 Å². The number of benzene rings is 1. The smallest absolute Gasteiger partial charge is 0.269 e. The Morgan fingerprint density at radius 1 is 1.00 bits per heavy atom.